The Bertz CT molecular complexity index is 631. The Morgan fingerprint density at radius 1 is 1.14 bits per heavy atom. The van der Waals surface area contributed by atoms with Gasteiger partial charge in [-0.3, -0.25) is 9.69 Å². The van der Waals surface area contributed by atoms with Gasteiger partial charge in [-0.2, -0.15) is 0 Å². The first kappa shape index (κ1) is 13.2. The third-order valence-corrected chi connectivity index (χ3v) is 5.38. The van der Waals surface area contributed by atoms with Crippen molar-refractivity contribution in [3.8, 4) is 0 Å². The van der Waals surface area contributed by atoms with Crippen LogP contribution < -0.4 is 0 Å². The summed E-state index contributed by atoms with van der Waals surface area (Å²) in [5.41, 5.74) is 0.931. The summed E-state index contributed by atoms with van der Waals surface area (Å²) in [7, 11) is 0. The van der Waals surface area contributed by atoms with E-state index < -0.39 is 0 Å². The zero-order valence-electron chi connectivity index (χ0n) is 12.0. The highest BCUT2D eigenvalue weighted by molar-refractivity contribution is 7.20. The van der Waals surface area contributed by atoms with E-state index in [1.165, 1.54) is 24.2 Å². The molecule has 1 saturated heterocycles. The smallest absolute Gasteiger partial charge is 0.282 e. The summed E-state index contributed by atoms with van der Waals surface area (Å²) in [6, 6.07) is 8.76. The van der Waals surface area contributed by atoms with E-state index in [9.17, 15) is 4.79 Å². The van der Waals surface area contributed by atoms with Crippen molar-refractivity contribution in [2.24, 2.45) is 0 Å². The maximum Gasteiger partial charge on any atom is 0.282 e. The maximum atomic E-state index is 12.7. The molecule has 2 fully saturated rings. The standard InChI is InChI=1S/C16H19N3OS/c20-16(15-17-13-4-1-2-5-14(13)21-15)19-9-3-8-18(10-11-19)12-6-7-12/h1-2,4-5,12H,3,6-11H2. The first-order valence-corrected chi connectivity index (χ1v) is 8.52. The molecule has 2 aromatic rings. The van der Waals surface area contributed by atoms with Gasteiger partial charge < -0.3 is 4.90 Å². The van der Waals surface area contributed by atoms with Crippen molar-refractivity contribution >= 4 is 27.5 Å². The Kier molecular flexibility index (Phi) is 3.39. The molecular weight excluding hydrogens is 282 g/mol. The van der Waals surface area contributed by atoms with Crippen LogP contribution in [0.25, 0.3) is 10.2 Å². The summed E-state index contributed by atoms with van der Waals surface area (Å²) in [6.07, 6.45) is 3.75. The molecule has 1 amide bonds. The summed E-state index contributed by atoms with van der Waals surface area (Å²) >= 11 is 1.51. The molecule has 0 atom stereocenters. The molecule has 4 nitrogen and oxygen atoms in total. The van der Waals surface area contributed by atoms with Crippen LogP contribution in [0.2, 0.25) is 0 Å². The molecule has 0 spiro atoms. The highest BCUT2D eigenvalue weighted by Gasteiger charge is 2.31. The number of thiazole rings is 1. The molecule has 4 rings (SSSR count). The van der Waals surface area contributed by atoms with Gasteiger partial charge >= 0.3 is 0 Å². The van der Waals surface area contributed by atoms with Gasteiger partial charge in [-0.05, 0) is 31.4 Å². The lowest BCUT2D eigenvalue weighted by atomic mass is 10.3. The zero-order chi connectivity index (χ0) is 14.2. The summed E-state index contributed by atoms with van der Waals surface area (Å²) < 4.78 is 1.09. The molecule has 110 valence electrons. The minimum Gasteiger partial charge on any atom is -0.335 e. The average Bonchev–Trinajstić information content (AvgIpc) is 3.28. The van der Waals surface area contributed by atoms with Crippen LogP contribution in [0.4, 0.5) is 0 Å². The second kappa shape index (κ2) is 5.39. The fourth-order valence-corrected chi connectivity index (χ4v) is 3.98. The molecule has 1 aromatic carbocycles. The van der Waals surface area contributed by atoms with E-state index in [0.29, 0.717) is 5.01 Å². The average molecular weight is 301 g/mol. The van der Waals surface area contributed by atoms with Crippen LogP contribution in [0.5, 0.6) is 0 Å². The highest BCUT2D eigenvalue weighted by Crippen LogP contribution is 2.28. The summed E-state index contributed by atoms with van der Waals surface area (Å²) in [5.74, 6) is 0.105. The van der Waals surface area contributed by atoms with E-state index in [1.807, 2.05) is 29.2 Å². The number of nitrogens with zero attached hydrogens (tertiary/aromatic N) is 3. The predicted octanol–water partition coefficient (Wildman–Crippen LogP) is 2.61. The molecule has 1 aliphatic carbocycles. The lowest BCUT2D eigenvalue weighted by Crippen LogP contribution is -2.35. The topological polar surface area (TPSA) is 36.4 Å². The molecule has 0 bridgehead atoms. The molecule has 0 N–H and O–H groups in total. The van der Waals surface area contributed by atoms with Gasteiger partial charge in [0.2, 0.25) is 0 Å². The number of hydrogen-bond acceptors (Lipinski definition) is 4. The highest BCUT2D eigenvalue weighted by atomic mass is 32.1. The van der Waals surface area contributed by atoms with E-state index in [4.69, 9.17) is 0 Å². The fourth-order valence-electron chi connectivity index (χ4n) is 3.04. The second-order valence-electron chi connectivity index (χ2n) is 5.90. The first-order chi connectivity index (χ1) is 10.3. The number of benzene rings is 1. The second-order valence-corrected chi connectivity index (χ2v) is 6.93. The number of rotatable bonds is 2. The largest absolute Gasteiger partial charge is 0.335 e. The monoisotopic (exact) mass is 301 g/mol. The molecular formula is C16H19N3OS. The number of carbonyl (C=O) groups excluding carboxylic acids is 1. The molecule has 0 unspecified atom stereocenters. The molecule has 2 aliphatic rings. The lowest BCUT2D eigenvalue weighted by Gasteiger charge is -2.20. The molecule has 21 heavy (non-hydrogen) atoms. The van der Waals surface area contributed by atoms with Crippen molar-refractivity contribution in [3.05, 3.63) is 29.3 Å². The minimum absolute atomic E-state index is 0.105. The van der Waals surface area contributed by atoms with E-state index in [0.717, 1.165) is 48.9 Å². The number of aromatic nitrogens is 1. The van der Waals surface area contributed by atoms with Gasteiger partial charge in [-0.25, -0.2) is 4.98 Å². The SMILES string of the molecule is O=C(c1nc2ccccc2s1)N1CCCN(C2CC2)CC1. The van der Waals surface area contributed by atoms with Gasteiger partial charge in [0.1, 0.15) is 0 Å². The van der Waals surface area contributed by atoms with Gasteiger partial charge in [0.25, 0.3) is 5.91 Å². The van der Waals surface area contributed by atoms with Crippen molar-refractivity contribution in [1.82, 2.24) is 14.8 Å². The summed E-state index contributed by atoms with van der Waals surface area (Å²) in [4.78, 5) is 21.7. The fraction of sp³-hybridized carbons (Fsp3) is 0.500. The van der Waals surface area contributed by atoms with E-state index in [1.54, 1.807) is 0 Å². The van der Waals surface area contributed by atoms with Crippen LogP contribution in [0.15, 0.2) is 24.3 Å². The van der Waals surface area contributed by atoms with Gasteiger partial charge in [-0.1, -0.05) is 12.1 Å². The van der Waals surface area contributed by atoms with Gasteiger partial charge in [-0.15, -0.1) is 11.3 Å². The number of carbonyl (C=O) groups is 1. The third-order valence-electron chi connectivity index (χ3n) is 4.36. The molecule has 0 radical (unpaired) electrons. The van der Waals surface area contributed by atoms with Gasteiger partial charge in [0.05, 0.1) is 10.2 Å². The van der Waals surface area contributed by atoms with Crippen LogP contribution >= 0.6 is 11.3 Å². The maximum absolute atomic E-state index is 12.7. The van der Waals surface area contributed by atoms with Crippen molar-refractivity contribution in [1.29, 1.82) is 0 Å². The summed E-state index contributed by atoms with van der Waals surface area (Å²) in [6.45, 7) is 3.85. The van der Waals surface area contributed by atoms with E-state index in [2.05, 4.69) is 9.88 Å². The van der Waals surface area contributed by atoms with Crippen LogP contribution in [0, 0.1) is 0 Å². The lowest BCUT2D eigenvalue weighted by molar-refractivity contribution is 0.0761. The van der Waals surface area contributed by atoms with Crippen molar-refractivity contribution in [2.75, 3.05) is 26.2 Å². The van der Waals surface area contributed by atoms with E-state index >= 15 is 0 Å². The third kappa shape index (κ3) is 2.68. The molecule has 5 heteroatoms. The van der Waals surface area contributed by atoms with Gasteiger partial charge in [0.15, 0.2) is 5.01 Å². The van der Waals surface area contributed by atoms with Crippen molar-refractivity contribution in [2.45, 2.75) is 25.3 Å². The molecule has 1 aliphatic heterocycles. The van der Waals surface area contributed by atoms with Crippen molar-refractivity contribution in [3.63, 3.8) is 0 Å². The minimum atomic E-state index is 0.105. The number of hydrogen-bond donors (Lipinski definition) is 0. The normalized spacial score (nSPS) is 20.7. The van der Waals surface area contributed by atoms with Crippen LogP contribution in [0.3, 0.4) is 0 Å². The Hall–Kier alpha value is -1.46. The van der Waals surface area contributed by atoms with Crippen LogP contribution in [-0.2, 0) is 0 Å². The Balaban J connectivity index is 1.50. The first-order valence-electron chi connectivity index (χ1n) is 7.70. The van der Waals surface area contributed by atoms with Crippen LogP contribution in [0.1, 0.15) is 29.1 Å². The molecule has 2 heterocycles. The molecule has 1 aromatic heterocycles. The quantitative estimate of drug-likeness (QED) is 0.855. The Morgan fingerprint density at radius 3 is 2.81 bits per heavy atom. The number of amides is 1. The summed E-state index contributed by atoms with van der Waals surface area (Å²) in [5, 5.41) is 0.635. The van der Waals surface area contributed by atoms with E-state index in [-0.39, 0.29) is 5.91 Å². The Labute approximate surface area is 128 Å². The predicted molar refractivity (Wildman–Crippen MR) is 84.7 cm³/mol. The van der Waals surface area contributed by atoms with Crippen molar-refractivity contribution < 1.29 is 4.79 Å². The molecule has 1 saturated carbocycles. The zero-order valence-corrected chi connectivity index (χ0v) is 12.8. The Morgan fingerprint density at radius 2 is 2.00 bits per heavy atom. The van der Waals surface area contributed by atoms with Crippen LogP contribution in [-0.4, -0.2) is 52.9 Å². The number of para-hydroxylation sites is 1. The van der Waals surface area contributed by atoms with Gasteiger partial charge in [0, 0.05) is 32.2 Å². The number of fused-ring (bicyclic) bond motifs is 1.